The van der Waals surface area contributed by atoms with E-state index in [0.717, 1.165) is 35.2 Å². The molecule has 0 aliphatic heterocycles. The van der Waals surface area contributed by atoms with Gasteiger partial charge in [0.1, 0.15) is 15.8 Å². The maximum absolute atomic E-state index is 6.40. The van der Waals surface area contributed by atoms with Gasteiger partial charge in [0.25, 0.3) is 0 Å². The summed E-state index contributed by atoms with van der Waals surface area (Å²) in [5, 5.41) is 1.65. The van der Waals surface area contributed by atoms with E-state index >= 15 is 0 Å². The van der Waals surface area contributed by atoms with Crippen LogP contribution in [0.2, 0.25) is 5.15 Å². The summed E-state index contributed by atoms with van der Waals surface area (Å²) in [7, 11) is 0. The normalized spacial score (nSPS) is 15.3. The van der Waals surface area contributed by atoms with E-state index in [4.69, 9.17) is 16.6 Å². The van der Waals surface area contributed by atoms with Crippen LogP contribution in [0.3, 0.4) is 0 Å². The van der Waals surface area contributed by atoms with Gasteiger partial charge in [0.05, 0.1) is 11.9 Å². The van der Waals surface area contributed by atoms with Gasteiger partial charge in [0, 0.05) is 10.9 Å². The highest BCUT2D eigenvalue weighted by Crippen LogP contribution is 2.34. The average molecular weight is 324 g/mol. The van der Waals surface area contributed by atoms with E-state index in [1.54, 1.807) is 11.3 Å². The molecular formula is C16H22ClN3S. The fraction of sp³-hybridized carbons (Fsp3) is 0.625. The third-order valence-electron chi connectivity index (χ3n) is 4.24. The smallest absolute Gasteiger partial charge is 0.145 e. The molecule has 0 bridgehead atoms. The van der Waals surface area contributed by atoms with Gasteiger partial charge in [-0.05, 0) is 45.2 Å². The van der Waals surface area contributed by atoms with Crippen molar-refractivity contribution in [3.05, 3.63) is 21.4 Å². The predicted octanol–water partition coefficient (Wildman–Crippen LogP) is 4.73. The number of hydrogen-bond acceptors (Lipinski definition) is 4. The highest BCUT2D eigenvalue weighted by atomic mass is 35.5. The highest BCUT2D eigenvalue weighted by molar-refractivity contribution is 7.18. The summed E-state index contributed by atoms with van der Waals surface area (Å²) in [6, 6.07) is 0.737. The van der Waals surface area contributed by atoms with Gasteiger partial charge >= 0.3 is 0 Å². The van der Waals surface area contributed by atoms with Crippen molar-refractivity contribution in [1.29, 1.82) is 0 Å². The second-order valence-electron chi connectivity index (χ2n) is 5.95. The Kier molecular flexibility index (Phi) is 4.48. The van der Waals surface area contributed by atoms with Crippen LogP contribution in [0.4, 0.5) is 0 Å². The van der Waals surface area contributed by atoms with Gasteiger partial charge in [-0.15, -0.1) is 11.3 Å². The number of thiophene rings is 1. The molecule has 1 saturated carbocycles. The van der Waals surface area contributed by atoms with E-state index in [1.807, 2.05) is 0 Å². The maximum atomic E-state index is 6.40. The molecule has 3 nitrogen and oxygen atoms in total. The molecule has 1 aliphatic carbocycles. The van der Waals surface area contributed by atoms with Crippen molar-refractivity contribution in [3.8, 4) is 0 Å². The van der Waals surface area contributed by atoms with Crippen molar-refractivity contribution in [2.45, 2.75) is 59.0 Å². The summed E-state index contributed by atoms with van der Waals surface area (Å²) >= 11 is 8.12. The lowest BCUT2D eigenvalue weighted by Gasteiger charge is -2.20. The quantitative estimate of drug-likeness (QED) is 0.720. The molecule has 3 rings (SSSR count). The van der Waals surface area contributed by atoms with Crippen LogP contribution in [0.5, 0.6) is 0 Å². The summed E-state index contributed by atoms with van der Waals surface area (Å²) in [6.45, 7) is 8.43. The first-order chi connectivity index (χ1) is 10.1. The molecule has 114 valence electrons. The third kappa shape index (κ3) is 3.22. The van der Waals surface area contributed by atoms with Crippen LogP contribution in [0.25, 0.3) is 10.2 Å². The Morgan fingerprint density at radius 1 is 1.29 bits per heavy atom. The Morgan fingerprint density at radius 2 is 2.05 bits per heavy atom. The van der Waals surface area contributed by atoms with Crippen LogP contribution in [-0.4, -0.2) is 27.5 Å². The monoisotopic (exact) mass is 323 g/mol. The molecule has 0 aromatic carbocycles. The minimum Gasteiger partial charge on any atom is -0.293 e. The van der Waals surface area contributed by atoms with E-state index in [0.29, 0.717) is 5.15 Å². The van der Waals surface area contributed by atoms with Crippen LogP contribution in [0.1, 0.15) is 48.9 Å². The van der Waals surface area contributed by atoms with Crippen LogP contribution in [-0.2, 0) is 6.54 Å². The standard InChI is InChI=1S/C16H22ClN3S/c1-4-5-8-20(12-6-7-12)9-13-18-15(17)14-10(2)11(3)21-16(14)19-13/h12H,4-9H2,1-3H3. The number of fused-ring (bicyclic) bond motifs is 1. The molecule has 1 aliphatic rings. The summed E-state index contributed by atoms with van der Waals surface area (Å²) in [5.41, 5.74) is 1.22. The predicted molar refractivity (Wildman–Crippen MR) is 90.2 cm³/mol. The first kappa shape index (κ1) is 15.2. The largest absolute Gasteiger partial charge is 0.293 e. The average Bonchev–Trinajstić information content (AvgIpc) is 3.23. The first-order valence-electron chi connectivity index (χ1n) is 7.76. The molecular weight excluding hydrogens is 302 g/mol. The first-order valence-corrected chi connectivity index (χ1v) is 8.95. The van der Waals surface area contributed by atoms with Crippen molar-refractivity contribution in [2.24, 2.45) is 0 Å². The van der Waals surface area contributed by atoms with E-state index in [-0.39, 0.29) is 0 Å². The molecule has 21 heavy (non-hydrogen) atoms. The summed E-state index contributed by atoms with van der Waals surface area (Å²) in [6.07, 6.45) is 5.10. The van der Waals surface area contributed by atoms with E-state index in [9.17, 15) is 0 Å². The number of aromatic nitrogens is 2. The van der Waals surface area contributed by atoms with Crippen LogP contribution in [0.15, 0.2) is 0 Å². The van der Waals surface area contributed by atoms with Gasteiger partial charge in [0.15, 0.2) is 0 Å². The summed E-state index contributed by atoms with van der Waals surface area (Å²) in [5.74, 6) is 0.872. The molecule has 0 unspecified atom stereocenters. The number of unbranched alkanes of at least 4 members (excludes halogenated alkanes) is 1. The van der Waals surface area contributed by atoms with Gasteiger partial charge < -0.3 is 0 Å². The lowest BCUT2D eigenvalue weighted by molar-refractivity contribution is 0.245. The lowest BCUT2D eigenvalue weighted by Crippen LogP contribution is -2.27. The van der Waals surface area contributed by atoms with Gasteiger partial charge in [-0.2, -0.15) is 0 Å². The second-order valence-corrected chi connectivity index (χ2v) is 7.51. The van der Waals surface area contributed by atoms with Crippen LogP contribution in [0, 0.1) is 13.8 Å². The number of aryl methyl sites for hydroxylation is 2. The zero-order valence-electron chi connectivity index (χ0n) is 12.9. The van der Waals surface area contributed by atoms with Crippen LogP contribution >= 0.6 is 22.9 Å². The number of hydrogen-bond donors (Lipinski definition) is 0. The molecule has 0 amide bonds. The lowest BCUT2D eigenvalue weighted by atomic mass is 10.2. The molecule has 1 fully saturated rings. The second kappa shape index (κ2) is 6.19. The Hall–Kier alpha value is -0.710. The maximum Gasteiger partial charge on any atom is 0.145 e. The third-order valence-corrected chi connectivity index (χ3v) is 5.61. The Labute approximate surface area is 135 Å². The minimum atomic E-state index is 0.614. The number of halogens is 1. The molecule has 2 aromatic heterocycles. The fourth-order valence-electron chi connectivity index (χ4n) is 2.69. The van der Waals surface area contributed by atoms with Gasteiger partial charge in [-0.3, -0.25) is 4.90 Å². The number of nitrogens with zero attached hydrogens (tertiary/aromatic N) is 3. The molecule has 0 spiro atoms. The zero-order valence-corrected chi connectivity index (χ0v) is 14.5. The molecule has 2 aromatic rings. The molecule has 2 heterocycles. The Balaban J connectivity index is 1.86. The van der Waals surface area contributed by atoms with Crippen molar-refractivity contribution < 1.29 is 0 Å². The van der Waals surface area contributed by atoms with Gasteiger partial charge in [-0.1, -0.05) is 24.9 Å². The highest BCUT2D eigenvalue weighted by Gasteiger charge is 2.29. The topological polar surface area (TPSA) is 29.0 Å². The fourth-order valence-corrected chi connectivity index (χ4v) is 4.12. The van der Waals surface area contributed by atoms with E-state index in [2.05, 4.69) is 30.7 Å². The van der Waals surface area contributed by atoms with Crippen molar-refractivity contribution in [1.82, 2.24) is 14.9 Å². The zero-order chi connectivity index (χ0) is 15.0. The molecule has 0 atom stereocenters. The minimum absolute atomic E-state index is 0.614. The Bertz CT molecular complexity index is 648. The van der Waals surface area contributed by atoms with E-state index < -0.39 is 0 Å². The Morgan fingerprint density at radius 3 is 2.71 bits per heavy atom. The summed E-state index contributed by atoms with van der Waals surface area (Å²) < 4.78 is 0. The van der Waals surface area contributed by atoms with Crippen molar-refractivity contribution >= 4 is 33.2 Å². The SMILES string of the molecule is CCCCN(Cc1nc(Cl)c2c(C)c(C)sc2n1)C1CC1. The van der Waals surface area contributed by atoms with Crippen molar-refractivity contribution in [2.75, 3.05) is 6.54 Å². The van der Waals surface area contributed by atoms with Crippen LogP contribution < -0.4 is 0 Å². The van der Waals surface area contributed by atoms with E-state index in [1.165, 1.54) is 36.1 Å². The van der Waals surface area contributed by atoms with Gasteiger partial charge in [-0.25, -0.2) is 9.97 Å². The molecule has 0 radical (unpaired) electrons. The summed E-state index contributed by atoms with van der Waals surface area (Å²) in [4.78, 5) is 14.1. The number of rotatable bonds is 6. The molecule has 0 N–H and O–H groups in total. The van der Waals surface area contributed by atoms with Crippen molar-refractivity contribution in [3.63, 3.8) is 0 Å². The van der Waals surface area contributed by atoms with Gasteiger partial charge in [0.2, 0.25) is 0 Å². The molecule has 5 heteroatoms. The molecule has 0 saturated heterocycles.